The van der Waals surface area contributed by atoms with Gasteiger partial charge in [-0.1, -0.05) is 5.16 Å². The summed E-state index contributed by atoms with van der Waals surface area (Å²) < 4.78 is 0. The van der Waals surface area contributed by atoms with Crippen molar-refractivity contribution in [1.29, 1.82) is 0 Å². The SMILES string of the molecule is ON=C1CC[N-]CC1.[CH3-].[Y]. The van der Waals surface area contributed by atoms with Crippen LogP contribution in [0.3, 0.4) is 0 Å². The van der Waals surface area contributed by atoms with E-state index in [0.717, 1.165) is 31.6 Å². The molecule has 1 radical (unpaired) electrons. The number of oxime groups is 1. The third-order valence-corrected chi connectivity index (χ3v) is 1.26. The molecule has 0 saturated carbocycles. The molecule has 1 rings (SSSR count). The molecule has 4 heteroatoms. The molecule has 0 amide bonds. The Morgan fingerprint density at radius 1 is 1.30 bits per heavy atom. The topological polar surface area (TPSA) is 46.7 Å². The van der Waals surface area contributed by atoms with Crippen LogP contribution in [-0.4, -0.2) is 24.0 Å². The second-order valence-corrected chi connectivity index (χ2v) is 1.84. The smallest absolute Gasteiger partial charge is 0.0536 e. The Morgan fingerprint density at radius 3 is 2.10 bits per heavy atom. The van der Waals surface area contributed by atoms with Gasteiger partial charge < -0.3 is 18.0 Å². The van der Waals surface area contributed by atoms with Gasteiger partial charge in [-0.2, -0.15) is 0 Å². The van der Waals surface area contributed by atoms with Crippen molar-refractivity contribution in [2.45, 2.75) is 12.8 Å². The standard InChI is InChI=1S/C5H9N2O.CH3.Y/c8-7-5-1-3-6-4-2-5;;/h8H,1-4H2;1H3;/q2*-1;. The zero-order valence-corrected chi connectivity index (χ0v) is 9.09. The molecule has 1 N–H and O–H groups in total. The van der Waals surface area contributed by atoms with Gasteiger partial charge in [-0.15, -0.1) is 13.1 Å². The Morgan fingerprint density at radius 2 is 1.80 bits per heavy atom. The van der Waals surface area contributed by atoms with Gasteiger partial charge in [-0.25, -0.2) is 0 Å². The summed E-state index contributed by atoms with van der Waals surface area (Å²) in [7, 11) is 0. The number of hydrogen-bond acceptors (Lipinski definition) is 2. The zero-order chi connectivity index (χ0) is 5.82. The molecule has 0 atom stereocenters. The summed E-state index contributed by atoms with van der Waals surface area (Å²) in [6, 6.07) is 0. The summed E-state index contributed by atoms with van der Waals surface area (Å²) in [6.45, 7) is 1.67. The Bertz CT molecular complexity index is 97.9. The van der Waals surface area contributed by atoms with Crippen LogP contribution in [0.4, 0.5) is 0 Å². The minimum absolute atomic E-state index is 0. The van der Waals surface area contributed by atoms with E-state index in [1.165, 1.54) is 0 Å². The molecule has 0 aromatic carbocycles. The molecule has 3 nitrogen and oxygen atoms in total. The second-order valence-electron chi connectivity index (χ2n) is 1.84. The molecule has 0 aromatic heterocycles. The summed E-state index contributed by atoms with van der Waals surface area (Å²) in [4.78, 5) is 0. The van der Waals surface area contributed by atoms with E-state index in [9.17, 15) is 0 Å². The van der Waals surface area contributed by atoms with Gasteiger partial charge in [0.25, 0.3) is 0 Å². The van der Waals surface area contributed by atoms with Crippen molar-refractivity contribution in [3.63, 3.8) is 0 Å². The van der Waals surface area contributed by atoms with Crippen molar-refractivity contribution in [2.75, 3.05) is 13.1 Å². The zero-order valence-electron chi connectivity index (χ0n) is 6.25. The molecule has 0 aliphatic carbocycles. The average molecular weight is 217 g/mol. The minimum Gasteiger partial charge on any atom is -0.662 e. The van der Waals surface area contributed by atoms with Crippen LogP contribution in [-0.2, 0) is 32.7 Å². The van der Waals surface area contributed by atoms with Gasteiger partial charge in [0.15, 0.2) is 0 Å². The van der Waals surface area contributed by atoms with Gasteiger partial charge in [0.1, 0.15) is 0 Å². The molecule has 57 valence electrons. The Kier molecular flexibility index (Phi) is 10.0. The fourth-order valence-corrected chi connectivity index (χ4v) is 0.753. The van der Waals surface area contributed by atoms with Crippen molar-refractivity contribution < 1.29 is 37.9 Å². The van der Waals surface area contributed by atoms with Crippen LogP contribution in [0.2, 0.25) is 0 Å². The number of hydrogen-bond donors (Lipinski definition) is 1. The maximum atomic E-state index is 8.24. The summed E-state index contributed by atoms with van der Waals surface area (Å²) in [5.41, 5.74) is 0.889. The van der Waals surface area contributed by atoms with Crippen LogP contribution in [0, 0.1) is 7.43 Å². The summed E-state index contributed by atoms with van der Waals surface area (Å²) >= 11 is 0. The first kappa shape index (κ1) is 13.1. The first-order valence-corrected chi connectivity index (χ1v) is 2.76. The molecule has 1 fully saturated rings. The molecule has 0 bridgehead atoms. The van der Waals surface area contributed by atoms with Gasteiger partial charge in [0, 0.05) is 32.7 Å². The fraction of sp³-hybridized carbons (Fsp3) is 0.667. The summed E-state index contributed by atoms with van der Waals surface area (Å²) in [5, 5.41) is 15.4. The number of nitrogens with zero attached hydrogens (tertiary/aromatic N) is 2. The minimum atomic E-state index is 0. The van der Waals surface area contributed by atoms with Crippen LogP contribution in [0.5, 0.6) is 0 Å². The van der Waals surface area contributed by atoms with Crippen LogP contribution < -0.4 is 0 Å². The van der Waals surface area contributed by atoms with E-state index in [2.05, 4.69) is 10.5 Å². The van der Waals surface area contributed by atoms with Crippen LogP contribution in [0.25, 0.3) is 5.32 Å². The quantitative estimate of drug-likeness (QED) is 0.372. The average Bonchev–Trinajstić information content (AvgIpc) is 1.90. The summed E-state index contributed by atoms with van der Waals surface area (Å²) in [6.07, 6.45) is 1.69. The van der Waals surface area contributed by atoms with E-state index in [4.69, 9.17) is 5.21 Å². The number of rotatable bonds is 0. The first-order chi connectivity index (χ1) is 3.93. The van der Waals surface area contributed by atoms with E-state index in [1.54, 1.807) is 0 Å². The molecule has 0 unspecified atom stereocenters. The van der Waals surface area contributed by atoms with E-state index < -0.39 is 0 Å². The monoisotopic (exact) mass is 217 g/mol. The maximum absolute atomic E-state index is 8.24. The van der Waals surface area contributed by atoms with Crippen molar-refractivity contribution in [2.24, 2.45) is 5.16 Å². The molecule has 0 aromatic rings. The van der Waals surface area contributed by atoms with E-state index in [0.29, 0.717) is 0 Å². The second kappa shape index (κ2) is 7.64. The fourth-order valence-electron chi connectivity index (χ4n) is 0.753. The first-order valence-electron chi connectivity index (χ1n) is 2.76. The Hall–Kier alpha value is 0.534. The largest absolute Gasteiger partial charge is 0.662 e. The van der Waals surface area contributed by atoms with Gasteiger partial charge in [0.05, 0.1) is 5.71 Å². The third-order valence-electron chi connectivity index (χ3n) is 1.26. The molecule has 1 aliphatic heterocycles. The van der Waals surface area contributed by atoms with Gasteiger partial charge >= 0.3 is 0 Å². The molecule has 1 heterocycles. The third kappa shape index (κ3) is 4.37. The molecule has 0 spiro atoms. The van der Waals surface area contributed by atoms with Crippen LogP contribution >= 0.6 is 0 Å². The van der Waals surface area contributed by atoms with Gasteiger partial charge in [-0.05, 0) is 12.8 Å². The Balaban J connectivity index is 0. The van der Waals surface area contributed by atoms with Crippen LogP contribution in [0.1, 0.15) is 12.8 Å². The van der Waals surface area contributed by atoms with Crippen molar-refractivity contribution >= 4 is 5.71 Å². The molecular formula is C6H12N2OY-2. The van der Waals surface area contributed by atoms with Crippen molar-refractivity contribution in [3.05, 3.63) is 12.7 Å². The molecular weight excluding hydrogens is 205 g/mol. The predicted octanol–water partition coefficient (Wildman–Crippen LogP) is 1.43. The van der Waals surface area contributed by atoms with E-state index in [-0.39, 0.29) is 40.1 Å². The summed E-state index contributed by atoms with van der Waals surface area (Å²) in [5.74, 6) is 0. The van der Waals surface area contributed by atoms with Gasteiger partial charge in [0.2, 0.25) is 0 Å². The predicted molar refractivity (Wildman–Crippen MR) is 38.0 cm³/mol. The molecule has 1 saturated heterocycles. The van der Waals surface area contributed by atoms with Crippen molar-refractivity contribution in [3.8, 4) is 0 Å². The number of piperidine rings is 1. The normalized spacial score (nSPS) is 16.6. The molecule has 1 aliphatic rings. The Labute approximate surface area is 87.1 Å². The van der Waals surface area contributed by atoms with Crippen LogP contribution in [0.15, 0.2) is 5.16 Å². The van der Waals surface area contributed by atoms with E-state index >= 15 is 0 Å². The molecule has 10 heavy (non-hydrogen) atoms. The van der Waals surface area contributed by atoms with E-state index in [1.807, 2.05) is 0 Å². The maximum Gasteiger partial charge on any atom is 0.0536 e. The van der Waals surface area contributed by atoms with Gasteiger partial charge in [-0.3, -0.25) is 0 Å². The van der Waals surface area contributed by atoms with Crippen molar-refractivity contribution in [1.82, 2.24) is 0 Å².